The fraction of sp³-hybridized carbons (Fsp3) is 0.0909. The van der Waals surface area contributed by atoms with Crippen molar-refractivity contribution < 1.29 is 4.79 Å². The van der Waals surface area contributed by atoms with E-state index in [1.54, 1.807) is 40.3 Å². The summed E-state index contributed by atoms with van der Waals surface area (Å²) in [5.41, 5.74) is 2.44. The zero-order valence-corrected chi connectivity index (χ0v) is 15.2. The van der Waals surface area contributed by atoms with Crippen molar-refractivity contribution in [3.05, 3.63) is 108 Å². The van der Waals surface area contributed by atoms with E-state index in [4.69, 9.17) is 0 Å². The van der Waals surface area contributed by atoms with Crippen LogP contribution in [0.25, 0.3) is 5.82 Å². The van der Waals surface area contributed by atoms with Crippen molar-refractivity contribution in [2.45, 2.75) is 13.1 Å². The maximum Gasteiger partial charge on any atom is 0.274 e. The first kappa shape index (κ1) is 17.6. The molecule has 0 aliphatic heterocycles. The van der Waals surface area contributed by atoms with Gasteiger partial charge in [0, 0.05) is 25.5 Å². The summed E-state index contributed by atoms with van der Waals surface area (Å²) in [5, 5.41) is 8.31. The molecule has 0 unspecified atom stereocenters. The van der Waals surface area contributed by atoms with E-state index < -0.39 is 0 Å². The summed E-state index contributed by atoms with van der Waals surface area (Å²) in [6.07, 6.45) is 5.09. The minimum atomic E-state index is -0.155. The van der Waals surface area contributed by atoms with Crippen LogP contribution in [0.1, 0.15) is 21.6 Å². The van der Waals surface area contributed by atoms with E-state index in [1.807, 2.05) is 60.7 Å². The molecule has 1 amide bonds. The molecule has 4 rings (SSSR count). The summed E-state index contributed by atoms with van der Waals surface area (Å²) in [6.45, 7) is 0.999. The molecule has 0 spiro atoms. The molecule has 0 bridgehead atoms. The molecule has 0 radical (unpaired) electrons. The average Bonchev–Trinajstić information content (AvgIpc) is 3.29. The second kappa shape index (κ2) is 8.26. The molecule has 0 saturated heterocycles. The highest BCUT2D eigenvalue weighted by atomic mass is 16.2. The highest BCUT2D eigenvalue weighted by Crippen LogP contribution is 2.14. The van der Waals surface area contributed by atoms with Gasteiger partial charge in [-0.05, 0) is 23.3 Å². The predicted molar refractivity (Wildman–Crippen MR) is 106 cm³/mol. The molecule has 0 N–H and O–H groups in total. The summed E-state index contributed by atoms with van der Waals surface area (Å²) in [4.78, 5) is 18.9. The molecule has 4 aromatic rings. The van der Waals surface area contributed by atoms with Crippen LogP contribution in [0.4, 0.5) is 0 Å². The third-order valence-electron chi connectivity index (χ3n) is 4.36. The van der Waals surface area contributed by atoms with E-state index in [9.17, 15) is 4.79 Å². The Kier molecular flexibility index (Phi) is 5.20. The van der Waals surface area contributed by atoms with Gasteiger partial charge in [0.15, 0.2) is 11.5 Å². The van der Waals surface area contributed by atoms with Crippen molar-refractivity contribution in [2.75, 3.05) is 0 Å². The van der Waals surface area contributed by atoms with Crippen molar-refractivity contribution in [1.29, 1.82) is 0 Å². The van der Waals surface area contributed by atoms with Gasteiger partial charge in [-0.25, -0.2) is 4.98 Å². The Morgan fingerprint density at radius 3 is 1.96 bits per heavy atom. The Balaban J connectivity index is 1.58. The molecule has 0 aliphatic carbocycles. The van der Waals surface area contributed by atoms with Crippen LogP contribution in [0.3, 0.4) is 0 Å². The Morgan fingerprint density at radius 1 is 0.821 bits per heavy atom. The molecular weight excluding hydrogens is 350 g/mol. The maximum atomic E-state index is 13.2. The maximum absolute atomic E-state index is 13.2. The van der Waals surface area contributed by atoms with Crippen LogP contribution in [-0.4, -0.2) is 30.6 Å². The lowest BCUT2D eigenvalue weighted by Crippen LogP contribution is -2.31. The molecule has 2 heterocycles. The second-order valence-corrected chi connectivity index (χ2v) is 6.38. The Labute approximate surface area is 163 Å². The van der Waals surface area contributed by atoms with E-state index in [0.717, 1.165) is 11.1 Å². The van der Waals surface area contributed by atoms with Crippen molar-refractivity contribution in [1.82, 2.24) is 24.6 Å². The van der Waals surface area contributed by atoms with Crippen molar-refractivity contribution >= 4 is 5.91 Å². The number of hydrogen-bond acceptors (Lipinski definition) is 4. The topological polar surface area (TPSA) is 63.9 Å². The lowest BCUT2D eigenvalue weighted by molar-refractivity contribution is 0.0723. The number of carbonyl (C=O) groups is 1. The smallest absolute Gasteiger partial charge is 0.274 e. The lowest BCUT2D eigenvalue weighted by Gasteiger charge is -2.22. The first-order valence-corrected chi connectivity index (χ1v) is 8.99. The third kappa shape index (κ3) is 4.12. The van der Waals surface area contributed by atoms with Crippen LogP contribution in [0.5, 0.6) is 0 Å². The molecule has 6 heteroatoms. The van der Waals surface area contributed by atoms with Crippen LogP contribution in [0.15, 0.2) is 91.5 Å². The molecule has 138 valence electrons. The highest BCUT2D eigenvalue weighted by molar-refractivity contribution is 5.92. The number of hydrogen-bond donors (Lipinski definition) is 0. The number of amides is 1. The summed E-state index contributed by atoms with van der Waals surface area (Å²) in [5.74, 6) is 0.462. The van der Waals surface area contributed by atoms with Gasteiger partial charge in [-0.2, -0.15) is 0 Å². The van der Waals surface area contributed by atoms with Gasteiger partial charge in [-0.15, -0.1) is 10.2 Å². The Bertz CT molecular complexity index is 974. The number of rotatable bonds is 6. The first-order chi connectivity index (χ1) is 13.8. The third-order valence-corrected chi connectivity index (χ3v) is 4.36. The number of carbonyl (C=O) groups excluding carboxylic acids is 1. The zero-order valence-electron chi connectivity index (χ0n) is 15.2. The summed E-state index contributed by atoms with van der Waals surface area (Å²) >= 11 is 0. The monoisotopic (exact) mass is 369 g/mol. The van der Waals surface area contributed by atoms with Gasteiger partial charge in [0.1, 0.15) is 6.33 Å². The van der Waals surface area contributed by atoms with Crippen molar-refractivity contribution in [3.63, 3.8) is 0 Å². The SMILES string of the molecule is O=C(c1ccc(-n2ccnc2)nn1)N(Cc1ccccc1)Cc1ccccc1. The van der Waals surface area contributed by atoms with Gasteiger partial charge < -0.3 is 4.90 Å². The number of imidazole rings is 1. The Hall–Kier alpha value is -3.80. The molecule has 0 aliphatic rings. The Morgan fingerprint density at radius 2 is 1.46 bits per heavy atom. The highest BCUT2D eigenvalue weighted by Gasteiger charge is 2.18. The van der Waals surface area contributed by atoms with E-state index in [1.165, 1.54) is 0 Å². The fourth-order valence-corrected chi connectivity index (χ4v) is 2.94. The predicted octanol–water partition coefficient (Wildman–Crippen LogP) is 3.50. The molecule has 2 aromatic carbocycles. The summed E-state index contributed by atoms with van der Waals surface area (Å²) in [6, 6.07) is 23.3. The van der Waals surface area contributed by atoms with E-state index in [-0.39, 0.29) is 5.91 Å². The largest absolute Gasteiger partial charge is 0.329 e. The molecule has 28 heavy (non-hydrogen) atoms. The van der Waals surface area contributed by atoms with Crippen LogP contribution in [0, 0.1) is 0 Å². The molecule has 2 aromatic heterocycles. The van der Waals surface area contributed by atoms with Gasteiger partial charge in [0.05, 0.1) is 0 Å². The molecule has 0 saturated carbocycles. The van der Waals surface area contributed by atoms with E-state index >= 15 is 0 Å². The molecule has 0 fully saturated rings. The molecular formula is C22H19N5O. The van der Waals surface area contributed by atoms with Crippen LogP contribution < -0.4 is 0 Å². The van der Waals surface area contributed by atoms with Gasteiger partial charge in [-0.3, -0.25) is 9.36 Å². The minimum Gasteiger partial charge on any atom is -0.329 e. The first-order valence-electron chi connectivity index (χ1n) is 8.99. The molecule has 0 atom stereocenters. The fourth-order valence-electron chi connectivity index (χ4n) is 2.94. The average molecular weight is 369 g/mol. The normalized spacial score (nSPS) is 10.6. The minimum absolute atomic E-state index is 0.155. The van der Waals surface area contributed by atoms with Crippen molar-refractivity contribution in [2.24, 2.45) is 0 Å². The van der Waals surface area contributed by atoms with Gasteiger partial charge in [-0.1, -0.05) is 60.7 Å². The molecule has 6 nitrogen and oxygen atoms in total. The van der Waals surface area contributed by atoms with Gasteiger partial charge in [0.2, 0.25) is 0 Å². The summed E-state index contributed by atoms with van der Waals surface area (Å²) < 4.78 is 1.74. The van der Waals surface area contributed by atoms with Crippen LogP contribution in [0.2, 0.25) is 0 Å². The second-order valence-electron chi connectivity index (χ2n) is 6.38. The van der Waals surface area contributed by atoms with Crippen molar-refractivity contribution in [3.8, 4) is 5.82 Å². The number of nitrogens with zero attached hydrogens (tertiary/aromatic N) is 5. The van der Waals surface area contributed by atoms with E-state index in [2.05, 4.69) is 15.2 Å². The number of benzene rings is 2. The summed E-state index contributed by atoms with van der Waals surface area (Å²) in [7, 11) is 0. The van der Waals surface area contributed by atoms with E-state index in [0.29, 0.717) is 24.6 Å². The van der Waals surface area contributed by atoms with Crippen LogP contribution in [-0.2, 0) is 13.1 Å². The quantitative estimate of drug-likeness (QED) is 0.522. The number of aromatic nitrogens is 4. The van der Waals surface area contributed by atoms with Gasteiger partial charge >= 0.3 is 0 Å². The zero-order chi connectivity index (χ0) is 19.2. The van der Waals surface area contributed by atoms with Crippen LogP contribution >= 0.6 is 0 Å². The van der Waals surface area contributed by atoms with Gasteiger partial charge in [0.25, 0.3) is 5.91 Å². The lowest BCUT2D eigenvalue weighted by atomic mass is 10.1. The standard InChI is InChI=1S/C22H19N5O/c28-22(20-11-12-21(25-24-20)26-14-13-23-17-26)27(15-18-7-3-1-4-8-18)16-19-9-5-2-6-10-19/h1-14,17H,15-16H2.